The van der Waals surface area contributed by atoms with Gasteiger partial charge in [-0.25, -0.2) is 9.68 Å². The zero-order chi connectivity index (χ0) is 26.0. The van der Waals surface area contributed by atoms with Crippen LogP contribution in [0.2, 0.25) is 0 Å². The summed E-state index contributed by atoms with van der Waals surface area (Å²) in [6.45, 7) is 12.8. The van der Waals surface area contributed by atoms with Crippen LogP contribution in [-0.2, 0) is 15.1 Å². The van der Waals surface area contributed by atoms with Crippen LogP contribution in [0, 0.1) is 0 Å². The van der Waals surface area contributed by atoms with Crippen molar-refractivity contribution in [2.75, 3.05) is 10.1 Å². The molecular formula is C33H34N2O2. The lowest BCUT2D eigenvalue weighted by atomic mass is 9.82. The highest BCUT2D eigenvalue weighted by Gasteiger charge is 2.50. The molecule has 0 unspecified atom stereocenters. The van der Waals surface area contributed by atoms with E-state index in [4.69, 9.17) is 9.68 Å². The minimum absolute atomic E-state index is 0.0574. The van der Waals surface area contributed by atoms with Crippen LogP contribution < -0.4 is 10.1 Å². The third kappa shape index (κ3) is 3.75. The van der Waals surface area contributed by atoms with Gasteiger partial charge in [-0.2, -0.15) is 0 Å². The quantitative estimate of drug-likeness (QED) is 0.286. The molecule has 6 rings (SSSR count). The summed E-state index contributed by atoms with van der Waals surface area (Å²) < 4.78 is 0. The molecule has 0 atom stereocenters. The molecule has 37 heavy (non-hydrogen) atoms. The van der Waals surface area contributed by atoms with Crippen molar-refractivity contribution < 1.29 is 9.68 Å². The van der Waals surface area contributed by atoms with Gasteiger partial charge in [0.15, 0.2) is 0 Å². The van der Waals surface area contributed by atoms with Crippen LogP contribution in [0.5, 0.6) is 0 Å². The maximum atomic E-state index is 6.12. The van der Waals surface area contributed by atoms with Gasteiger partial charge in [0.1, 0.15) is 11.2 Å². The third-order valence-corrected chi connectivity index (χ3v) is 8.23. The molecule has 4 heteroatoms. The van der Waals surface area contributed by atoms with Gasteiger partial charge in [0.05, 0.1) is 5.69 Å². The van der Waals surface area contributed by atoms with E-state index in [1.165, 1.54) is 22.3 Å². The molecule has 4 aromatic rings. The average molecular weight is 491 g/mol. The third-order valence-electron chi connectivity index (χ3n) is 8.23. The van der Waals surface area contributed by atoms with Gasteiger partial charge in [0.25, 0.3) is 0 Å². The normalized spacial score (nSPS) is 18.4. The van der Waals surface area contributed by atoms with Gasteiger partial charge in [0.2, 0.25) is 0 Å². The minimum Gasteiger partial charge on any atom is -0.310 e. The highest BCUT2D eigenvalue weighted by molar-refractivity contribution is 5.85. The van der Waals surface area contributed by atoms with Crippen LogP contribution in [0.3, 0.4) is 0 Å². The van der Waals surface area contributed by atoms with E-state index in [1.807, 2.05) is 27.7 Å². The monoisotopic (exact) mass is 490 g/mol. The van der Waals surface area contributed by atoms with Crippen LogP contribution in [0.15, 0.2) is 97.1 Å². The molecule has 1 aliphatic heterocycles. The van der Waals surface area contributed by atoms with Crippen molar-refractivity contribution >= 4 is 22.7 Å². The van der Waals surface area contributed by atoms with E-state index >= 15 is 0 Å². The lowest BCUT2D eigenvalue weighted by molar-refractivity contribution is -0.0272. The SMILES string of the molecule is CC1(C)c2ccccc2-c2ccc(N(c3ccccc3)c3ccc(N4OC(C)(C)C(C)(C)O4)cc3)cc21. The van der Waals surface area contributed by atoms with E-state index < -0.39 is 11.2 Å². The summed E-state index contributed by atoms with van der Waals surface area (Å²) in [5.41, 5.74) is 8.64. The Balaban J connectivity index is 1.40. The van der Waals surface area contributed by atoms with Crippen LogP contribution in [0.1, 0.15) is 52.7 Å². The molecule has 0 spiro atoms. The van der Waals surface area contributed by atoms with Gasteiger partial charge < -0.3 is 4.90 Å². The first-order valence-electron chi connectivity index (χ1n) is 13.0. The van der Waals surface area contributed by atoms with E-state index in [1.54, 1.807) is 5.23 Å². The minimum atomic E-state index is -0.434. The molecular weight excluding hydrogens is 456 g/mol. The molecule has 1 saturated heterocycles. The molecule has 1 fully saturated rings. The fourth-order valence-corrected chi connectivity index (χ4v) is 5.34. The average Bonchev–Trinajstić information content (AvgIpc) is 3.25. The second-order valence-electron chi connectivity index (χ2n) is 11.5. The maximum Gasteiger partial charge on any atom is 0.124 e. The second-order valence-corrected chi connectivity index (χ2v) is 11.5. The molecule has 4 aromatic carbocycles. The van der Waals surface area contributed by atoms with Crippen molar-refractivity contribution in [2.45, 2.75) is 58.2 Å². The van der Waals surface area contributed by atoms with Crippen molar-refractivity contribution in [3.63, 3.8) is 0 Å². The lowest BCUT2D eigenvalue weighted by Gasteiger charge is -2.28. The van der Waals surface area contributed by atoms with Crippen molar-refractivity contribution in [2.24, 2.45) is 0 Å². The zero-order valence-electron chi connectivity index (χ0n) is 22.4. The summed E-state index contributed by atoms with van der Waals surface area (Å²) in [4.78, 5) is 14.6. The molecule has 188 valence electrons. The van der Waals surface area contributed by atoms with Gasteiger partial charge in [-0.05, 0) is 98.5 Å². The first-order valence-corrected chi connectivity index (χ1v) is 13.0. The Kier molecular flexibility index (Phi) is 5.27. The summed E-state index contributed by atoms with van der Waals surface area (Å²) in [6.07, 6.45) is 0. The molecule has 0 amide bonds. The Morgan fingerprint density at radius 2 is 1.08 bits per heavy atom. The summed E-state index contributed by atoms with van der Waals surface area (Å²) in [6, 6.07) is 34.5. The molecule has 1 heterocycles. The Morgan fingerprint density at radius 1 is 0.541 bits per heavy atom. The van der Waals surface area contributed by atoms with E-state index in [-0.39, 0.29) is 5.41 Å². The maximum absolute atomic E-state index is 6.12. The second kappa shape index (κ2) is 8.20. The van der Waals surface area contributed by atoms with Crippen molar-refractivity contribution in [1.82, 2.24) is 0 Å². The predicted octanol–water partition coefficient (Wildman–Crippen LogP) is 8.70. The number of fused-ring (bicyclic) bond motifs is 3. The molecule has 0 radical (unpaired) electrons. The Bertz CT molecular complexity index is 1440. The van der Waals surface area contributed by atoms with Gasteiger partial charge in [0, 0.05) is 22.5 Å². The fourth-order valence-electron chi connectivity index (χ4n) is 5.34. The van der Waals surface area contributed by atoms with E-state index in [9.17, 15) is 0 Å². The van der Waals surface area contributed by atoms with Crippen LogP contribution in [0.4, 0.5) is 22.7 Å². The first-order chi connectivity index (χ1) is 17.6. The highest BCUT2D eigenvalue weighted by Crippen LogP contribution is 2.50. The Labute approximate surface area is 220 Å². The molecule has 0 bridgehead atoms. The zero-order valence-corrected chi connectivity index (χ0v) is 22.4. The number of nitrogens with zero attached hydrogens (tertiary/aromatic N) is 2. The van der Waals surface area contributed by atoms with Crippen molar-refractivity contribution in [1.29, 1.82) is 0 Å². The van der Waals surface area contributed by atoms with Crippen LogP contribution >= 0.6 is 0 Å². The first kappa shape index (κ1) is 23.8. The van der Waals surface area contributed by atoms with Gasteiger partial charge in [-0.15, -0.1) is 5.23 Å². The summed E-state index contributed by atoms with van der Waals surface area (Å²) in [5, 5.41) is 1.55. The lowest BCUT2D eigenvalue weighted by Crippen LogP contribution is -2.41. The van der Waals surface area contributed by atoms with Crippen LogP contribution in [0.25, 0.3) is 11.1 Å². The number of hydrogen-bond donors (Lipinski definition) is 0. The highest BCUT2D eigenvalue weighted by atomic mass is 17.0. The van der Waals surface area contributed by atoms with E-state index in [0.29, 0.717) is 0 Å². The van der Waals surface area contributed by atoms with Gasteiger partial charge >= 0.3 is 0 Å². The smallest absolute Gasteiger partial charge is 0.124 e. The number of anilines is 4. The van der Waals surface area contributed by atoms with Crippen molar-refractivity contribution in [3.8, 4) is 11.1 Å². The molecule has 0 saturated carbocycles. The van der Waals surface area contributed by atoms with E-state index in [0.717, 1.165) is 22.7 Å². The molecule has 0 aromatic heterocycles. The molecule has 1 aliphatic carbocycles. The summed E-state index contributed by atoms with van der Waals surface area (Å²) in [7, 11) is 0. The standard InChI is InChI=1S/C33H34N2O2/c1-31(2)29-15-11-10-14-27(29)28-21-20-26(22-30(28)31)34(23-12-8-7-9-13-23)24-16-18-25(19-17-24)35-36-32(3,4)33(5,6)37-35/h7-22H,1-6H3. The van der Waals surface area contributed by atoms with Gasteiger partial charge in [-0.1, -0.05) is 62.4 Å². The molecule has 4 nitrogen and oxygen atoms in total. The number of rotatable bonds is 4. The summed E-state index contributed by atoms with van der Waals surface area (Å²) in [5.74, 6) is 0. The van der Waals surface area contributed by atoms with Gasteiger partial charge in [-0.3, -0.25) is 0 Å². The van der Waals surface area contributed by atoms with E-state index in [2.05, 4.69) is 116 Å². The molecule has 0 N–H and O–H groups in total. The number of hydrogen-bond acceptors (Lipinski definition) is 4. The fraction of sp³-hybridized carbons (Fsp3) is 0.273. The molecule has 2 aliphatic rings. The Morgan fingerprint density at radius 3 is 1.76 bits per heavy atom. The van der Waals surface area contributed by atoms with Crippen LogP contribution in [-0.4, -0.2) is 11.2 Å². The summed E-state index contributed by atoms with van der Waals surface area (Å²) >= 11 is 0. The topological polar surface area (TPSA) is 24.9 Å². The predicted molar refractivity (Wildman–Crippen MR) is 151 cm³/mol. The number of para-hydroxylation sites is 1. The largest absolute Gasteiger partial charge is 0.310 e. The van der Waals surface area contributed by atoms with Crippen molar-refractivity contribution in [3.05, 3.63) is 108 Å². The number of benzene rings is 4. The Hall–Kier alpha value is -3.60.